The molecule has 2 aromatic rings. The third kappa shape index (κ3) is 3.57. The molecule has 3 nitrogen and oxygen atoms in total. The second-order valence-corrected chi connectivity index (χ2v) is 3.47. The minimum atomic E-state index is -0.541. The van der Waals surface area contributed by atoms with E-state index in [-0.39, 0.29) is 13.2 Å². The molecule has 2 aromatic heterocycles. The second-order valence-electron chi connectivity index (χ2n) is 3.47. The summed E-state index contributed by atoms with van der Waals surface area (Å²) >= 11 is 0. The van der Waals surface area contributed by atoms with Gasteiger partial charge in [0.2, 0.25) is 11.9 Å². The Morgan fingerprint density at radius 1 is 0.882 bits per heavy atom. The SMILES string of the molecule is Fc1cc(COCc2ccnc(F)c2)ccn1. The van der Waals surface area contributed by atoms with Crippen LogP contribution in [0.4, 0.5) is 8.78 Å². The summed E-state index contributed by atoms with van der Waals surface area (Å²) in [7, 11) is 0. The van der Waals surface area contributed by atoms with Gasteiger partial charge in [-0.25, -0.2) is 9.97 Å². The fourth-order valence-electron chi connectivity index (χ4n) is 1.35. The molecular formula is C12H10F2N2O. The zero-order valence-corrected chi connectivity index (χ0v) is 8.94. The van der Waals surface area contributed by atoms with Crippen molar-refractivity contribution in [1.29, 1.82) is 0 Å². The number of ether oxygens (including phenoxy) is 1. The molecule has 0 aliphatic rings. The van der Waals surface area contributed by atoms with E-state index in [1.54, 1.807) is 12.1 Å². The molecule has 0 spiro atoms. The van der Waals surface area contributed by atoms with E-state index in [1.807, 2.05) is 0 Å². The molecule has 0 aliphatic carbocycles. The van der Waals surface area contributed by atoms with Crippen LogP contribution in [0, 0.1) is 11.9 Å². The van der Waals surface area contributed by atoms with Gasteiger partial charge < -0.3 is 4.74 Å². The summed E-state index contributed by atoms with van der Waals surface area (Å²) < 4.78 is 30.8. The average Bonchev–Trinajstić information content (AvgIpc) is 2.29. The molecule has 2 heterocycles. The fourth-order valence-corrected chi connectivity index (χ4v) is 1.35. The van der Waals surface area contributed by atoms with Crippen LogP contribution >= 0.6 is 0 Å². The smallest absolute Gasteiger partial charge is 0.213 e. The van der Waals surface area contributed by atoms with Gasteiger partial charge in [0.05, 0.1) is 13.2 Å². The van der Waals surface area contributed by atoms with Crippen LogP contribution in [0.2, 0.25) is 0 Å². The van der Waals surface area contributed by atoms with Crippen LogP contribution < -0.4 is 0 Å². The maximum Gasteiger partial charge on any atom is 0.213 e. The van der Waals surface area contributed by atoms with Crippen molar-refractivity contribution in [3.8, 4) is 0 Å². The van der Waals surface area contributed by atoms with Crippen molar-refractivity contribution < 1.29 is 13.5 Å². The van der Waals surface area contributed by atoms with E-state index in [4.69, 9.17) is 4.74 Å². The Balaban J connectivity index is 1.87. The summed E-state index contributed by atoms with van der Waals surface area (Å²) in [5, 5.41) is 0. The van der Waals surface area contributed by atoms with Crippen molar-refractivity contribution in [3.05, 3.63) is 59.7 Å². The Hall–Kier alpha value is -1.88. The molecule has 0 saturated heterocycles. The van der Waals surface area contributed by atoms with E-state index >= 15 is 0 Å². The summed E-state index contributed by atoms with van der Waals surface area (Å²) in [6.45, 7) is 0.507. The molecule has 2 rings (SSSR count). The number of aromatic nitrogens is 2. The van der Waals surface area contributed by atoms with Gasteiger partial charge in [-0.1, -0.05) is 0 Å². The lowest BCUT2D eigenvalue weighted by molar-refractivity contribution is 0.106. The molecule has 0 unspecified atom stereocenters. The molecule has 0 N–H and O–H groups in total. The van der Waals surface area contributed by atoms with Gasteiger partial charge in [0.15, 0.2) is 0 Å². The van der Waals surface area contributed by atoms with Crippen LogP contribution in [-0.2, 0) is 18.0 Å². The minimum absolute atomic E-state index is 0.253. The van der Waals surface area contributed by atoms with Crippen LogP contribution in [0.15, 0.2) is 36.7 Å². The molecular weight excluding hydrogens is 226 g/mol. The van der Waals surface area contributed by atoms with Gasteiger partial charge in [0.1, 0.15) is 0 Å². The summed E-state index contributed by atoms with van der Waals surface area (Å²) in [4.78, 5) is 6.88. The standard InChI is InChI=1S/C12H10F2N2O/c13-11-5-9(1-3-15-11)7-17-8-10-2-4-16-12(14)6-10/h1-6H,7-8H2. The Labute approximate surface area is 97.1 Å². The van der Waals surface area contributed by atoms with E-state index < -0.39 is 11.9 Å². The topological polar surface area (TPSA) is 35.0 Å². The van der Waals surface area contributed by atoms with Gasteiger partial charge in [-0.05, 0) is 35.4 Å². The van der Waals surface area contributed by atoms with E-state index in [2.05, 4.69) is 9.97 Å². The Morgan fingerprint density at radius 2 is 1.35 bits per heavy atom. The van der Waals surface area contributed by atoms with Crippen LogP contribution in [0.5, 0.6) is 0 Å². The molecule has 0 fully saturated rings. The average molecular weight is 236 g/mol. The van der Waals surface area contributed by atoms with Gasteiger partial charge in [-0.3, -0.25) is 0 Å². The molecule has 17 heavy (non-hydrogen) atoms. The normalized spacial score (nSPS) is 10.5. The number of rotatable bonds is 4. The van der Waals surface area contributed by atoms with Crippen molar-refractivity contribution in [2.75, 3.05) is 0 Å². The highest BCUT2D eigenvalue weighted by molar-refractivity contribution is 5.11. The number of hydrogen-bond acceptors (Lipinski definition) is 3. The fraction of sp³-hybridized carbons (Fsp3) is 0.167. The molecule has 0 aromatic carbocycles. The molecule has 0 amide bonds. The molecule has 0 atom stereocenters. The number of halogens is 2. The molecule has 0 aliphatic heterocycles. The zero-order valence-electron chi connectivity index (χ0n) is 8.94. The summed E-state index contributed by atoms with van der Waals surface area (Å²) in [6, 6.07) is 5.92. The van der Waals surface area contributed by atoms with Crippen LogP contribution in [0.1, 0.15) is 11.1 Å². The van der Waals surface area contributed by atoms with E-state index in [0.717, 1.165) is 0 Å². The lowest BCUT2D eigenvalue weighted by Gasteiger charge is -2.04. The van der Waals surface area contributed by atoms with E-state index in [0.29, 0.717) is 11.1 Å². The number of nitrogens with zero attached hydrogens (tertiary/aromatic N) is 2. The largest absolute Gasteiger partial charge is 0.372 e. The summed E-state index contributed by atoms with van der Waals surface area (Å²) in [5.74, 6) is -1.08. The van der Waals surface area contributed by atoms with Gasteiger partial charge >= 0.3 is 0 Å². The lowest BCUT2D eigenvalue weighted by Crippen LogP contribution is -1.96. The predicted molar refractivity (Wildman–Crippen MR) is 56.9 cm³/mol. The highest BCUT2D eigenvalue weighted by Crippen LogP contribution is 2.06. The lowest BCUT2D eigenvalue weighted by atomic mass is 10.3. The highest BCUT2D eigenvalue weighted by atomic mass is 19.1. The Morgan fingerprint density at radius 3 is 1.76 bits per heavy atom. The molecule has 0 radical (unpaired) electrons. The van der Waals surface area contributed by atoms with Crippen molar-refractivity contribution in [1.82, 2.24) is 9.97 Å². The van der Waals surface area contributed by atoms with Crippen molar-refractivity contribution in [3.63, 3.8) is 0 Å². The monoisotopic (exact) mass is 236 g/mol. The Kier molecular flexibility index (Phi) is 3.72. The first-order chi connectivity index (χ1) is 8.24. The van der Waals surface area contributed by atoms with Gasteiger partial charge in [-0.2, -0.15) is 8.78 Å². The molecule has 0 bridgehead atoms. The van der Waals surface area contributed by atoms with E-state index in [1.165, 1.54) is 24.5 Å². The Bertz CT molecular complexity index is 460. The third-order valence-corrected chi connectivity index (χ3v) is 2.12. The predicted octanol–water partition coefficient (Wildman–Crippen LogP) is 2.47. The molecule has 88 valence electrons. The van der Waals surface area contributed by atoms with Crippen LogP contribution in [-0.4, -0.2) is 9.97 Å². The van der Waals surface area contributed by atoms with Gasteiger partial charge in [0, 0.05) is 12.4 Å². The van der Waals surface area contributed by atoms with Crippen molar-refractivity contribution in [2.24, 2.45) is 0 Å². The second kappa shape index (κ2) is 5.45. The first-order valence-electron chi connectivity index (χ1n) is 5.02. The third-order valence-electron chi connectivity index (χ3n) is 2.12. The number of hydrogen-bond donors (Lipinski definition) is 0. The van der Waals surface area contributed by atoms with Crippen LogP contribution in [0.3, 0.4) is 0 Å². The first kappa shape index (κ1) is 11.6. The summed E-state index contributed by atoms with van der Waals surface area (Å²) in [5.41, 5.74) is 1.37. The van der Waals surface area contributed by atoms with Crippen molar-refractivity contribution >= 4 is 0 Å². The molecule has 0 saturated carbocycles. The van der Waals surface area contributed by atoms with Crippen LogP contribution in [0.25, 0.3) is 0 Å². The maximum absolute atomic E-state index is 12.7. The van der Waals surface area contributed by atoms with Crippen molar-refractivity contribution in [2.45, 2.75) is 13.2 Å². The quantitative estimate of drug-likeness (QED) is 0.765. The van der Waals surface area contributed by atoms with Gasteiger partial charge in [0.25, 0.3) is 0 Å². The maximum atomic E-state index is 12.7. The zero-order chi connectivity index (χ0) is 12.1. The van der Waals surface area contributed by atoms with Gasteiger partial charge in [-0.15, -0.1) is 0 Å². The minimum Gasteiger partial charge on any atom is -0.372 e. The molecule has 5 heteroatoms. The summed E-state index contributed by atoms with van der Waals surface area (Å²) in [6.07, 6.45) is 2.75. The highest BCUT2D eigenvalue weighted by Gasteiger charge is 1.99. The van der Waals surface area contributed by atoms with E-state index in [9.17, 15) is 8.78 Å². The first-order valence-corrected chi connectivity index (χ1v) is 5.02. The number of pyridine rings is 2.